The number of nitrogen functional groups attached to an aromatic ring is 1. The van der Waals surface area contributed by atoms with Crippen LogP contribution in [0.25, 0.3) is 0 Å². The highest BCUT2D eigenvalue weighted by molar-refractivity contribution is 5.91. The van der Waals surface area contributed by atoms with Crippen molar-refractivity contribution < 1.29 is 9.18 Å². The maximum absolute atomic E-state index is 13.0. The molecule has 0 spiro atoms. The van der Waals surface area contributed by atoms with Crippen LogP contribution >= 0.6 is 0 Å². The zero-order valence-electron chi connectivity index (χ0n) is 12.3. The number of hydrogen-bond donors (Lipinski definition) is 2. The van der Waals surface area contributed by atoms with E-state index in [0.717, 1.165) is 13.0 Å². The second kappa shape index (κ2) is 8.53. The van der Waals surface area contributed by atoms with Gasteiger partial charge in [-0.25, -0.2) is 4.39 Å². The van der Waals surface area contributed by atoms with E-state index in [1.807, 2.05) is 7.05 Å². The predicted octanol–water partition coefficient (Wildman–Crippen LogP) is 2.86. The maximum atomic E-state index is 13.0. The number of anilines is 2. The summed E-state index contributed by atoms with van der Waals surface area (Å²) in [6, 6.07) is 4.19. The quantitative estimate of drug-likeness (QED) is 0.569. The van der Waals surface area contributed by atoms with Gasteiger partial charge in [-0.15, -0.1) is 0 Å². The van der Waals surface area contributed by atoms with E-state index < -0.39 is 5.82 Å². The number of nitrogens with one attached hydrogen (secondary N) is 1. The van der Waals surface area contributed by atoms with Gasteiger partial charge in [0.1, 0.15) is 5.82 Å². The van der Waals surface area contributed by atoms with Gasteiger partial charge in [-0.1, -0.05) is 19.8 Å². The molecule has 0 bridgehead atoms. The van der Waals surface area contributed by atoms with Crippen LogP contribution in [0.2, 0.25) is 0 Å². The molecule has 0 aliphatic carbocycles. The van der Waals surface area contributed by atoms with Gasteiger partial charge in [-0.05, 0) is 38.2 Å². The molecule has 0 unspecified atom stereocenters. The van der Waals surface area contributed by atoms with Crippen molar-refractivity contribution in [1.29, 1.82) is 0 Å². The fourth-order valence-corrected chi connectivity index (χ4v) is 1.88. The molecule has 0 fully saturated rings. The summed E-state index contributed by atoms with van der Waals surface area (Å²) < 4.78 is 13.0. The third-order valence-electron chi connectivity index (χ3n) is 3.14. The van der Waals surface area contributed by atoms with Gasteiger partial charge >= 0.3 is 0 Å². The third kappa shape index (κ3) is 6.02. The van der Waals surface area contributed by atoms with E-state index >= 15 is 0 Å². The first kappa shape index (κ1) is 16.4. The van der Waals surface area contributed by atoms with E-state index in [9.17, 15) is 9.18 Å². The molecule has 5 heteroatoms. The van der Waals surface area contributed by atoms with Crippen molar-refractivity contribution in [1.82, 2.24) is 4.90 Å². The summed E-state index contributed by atoms with van der Waals surface area (Å²) in [6.45, 7) is 3.89. The molecule has 0 aliphatic heterocycles. The van der Waals surface area contributed by atoms with E-state index in [4.69, 9.17) is 5.73 Å². The number of amides is 1. The highest BCUT2D eigenvalue weighted by Gasteiger charge is 2.06. The molecule has 0 heterocycles. The molecule has 0 saturated heterocycles. The number of unbranched alkanes of at least 4 members (excludes halogenated alkanes) is 2. The number of hydrogen-bond acceptors (Lipinski definition) is 3. The second-order valence-electron chi connectivity index (χ2n) is 5.04. The predicted molar refractivity (Wildman–Crippen MR) is 81.1 cm³/mol. The Morgan fingerprint density at radius 2 is 2.10 bits per heavy atom. The maximum Gasteiger partial charge on any atom is 0.225 e. The molecule has 0 atom stereocenters. The number of halogens is 1. The molecule has 112 valence electrons. The van der Waals surface area contributed by atoms with Gasteiger partial charge in [0.2, 0.25) is 5.91 Å². The average molecular weight is 281 g/mol. The molecule has 3 N–H and O–H groups in total. The Kier molecular flexibility index (Phi) is 7.01. The lowest BCUT2D eigenvalue weighted by Crippen LogP contribution is -2.25. The van der Waals surface area contributed by atoms with Crippen molar-refractivity contribution in [3.8, 4) is 0 Å². The molecule has 1 rings (SSSR count). The van der Waals surface area contributed by atoms with Gasteiger partial charge < -0.3 is 16.0 Å². The summed E-state index contributed by atoms with van der Waals surface area (Å²) in [6.07, 6.45) is 3.98. The van der Waals surface area contributed by atoms with Crippen LogP contribution in [0.1, 0.15) is 32.6 Å². The summed E-state index contributed by atoms with van der Waals surface area (Å²) in [7, 11) is 2.01. The molecular formula is C15H24FN3O. The van der Waals surface area contributed by atoms with E-state index in [2.05, 4.69) is 17.1 Å². The Balaban J connectivity index is 2.30. The van der Waals surface area contributed by atoms with Crippen molar-refractivity contribution in [2.24, 2.45) is 0 Å². The minimum absolute atomic E-state index is 0.0412. The van der Waals surface area contributed by atoms with Crippen molar-refractivity contribution in [3.05, 3.63) is 24.0 Å². The Hall–Kier alpha value is -1.62. The van der Waals surface area contributed by atoms with Crippen LogP contribution in [0.4, 0.5) is 15.8 Å². The molecular weight excluding hydrogens is 257 g/mol. The van der Waals surface area contributed by atoms with Crippen LogP contribution in [0.15, 0.2) is 18.2 Å². The van der Waals surface area contributed by atoms with Gasteiger partial charge in [-0.3, -0.25) is 4.79 Å². The molecule has 0 aromatic heterocycles. The lowest BCUT2D eigenvalue weighted by atomic mass is 10.2. The Morgan fingerprint density at radius 1 is 1.35 bits per heavy atom. The molecule has 1 amide bonds. The number of nitrogens with two attached hydrogens (primary N) is 1. The van der Waals surface area contributed by atoms with Crippen LogP contribution in [-0.2, 0) is 4.79 Å². The topological polar surface area (TPSA) is 58.4 Å². The fourth-order valence-electron chi connectivity index (χ4n) is 1.88. The number of rotatable bonds is 8. The Labute approximate surface area is 120 Å². The van der Waals surface area contributed by atoms with Gasteiger partial charge in [0.05, 0.1) is 5.69 Å². The molecule has 0 radical (unpaired) electrons. The van der Waals surface area contributed by atoms with Crippen LogP contribution in [0.5, 0.6) is 0 Å². The monoisotopic (exact) mass is 281 g/mol. The molecule has 0 aliphatic rings. The largest absolute Gasteiger partial charge is 0.396 e. The standard InChI is InChI=1S/C15H24FN3O/c1-3-4-5-9-19(2)10-8-15(20)18-12-6-7-13(16)14(17)11-12/h6-7,11H,3-5,8-10,17H2,1-2H3,(H,18,20). The third-order valence-corrected chi connectivity index (χ3v) is 3.14. The van der Waals surface area contributed by atoms with Gasteiger partial charge in [0.15, 0.2) is 0 Å². The van der Waals surface area contributed by atoms with Crippen LogP contribution in [0.3, 0.4) is 0 Å². The molecule has 0 saturated carbocycles. The summed E-state index contributed by atoms with van der Waals surface area (Å²) >= 11 is 0. The van der Waals surface area contributed by atoms with Crippen molar-refractivity contribution in [2.45, 2.75) is 32.6 Å². The van der Waals surface area contributed by atoms with Gasteiger partial charge in [-0.2, -0.15) is 0 Å². The zero-order chi connectivity index (χ0) is 15.0. The highest BCUT2D eigenvalue weighted by Crippen LogP contribution is 2.16. The molecule has 4 nitrogen and oxygen atoms in total. The number of carbonyl (C=O) groups is 1. The van der Waals surface area contributed by atoms with Crippen LogP contribution in [-0.4, -0.2) is 30.9 Å². The average Bonchev–Trinajstić information content (AvgIpc) is 2.41. The fraction of sp³-hybridized carbons (Fsp3) is 0.533. The summed E-state index contributed by atoms with van der Waals surface area (Å²) in [5.74, 6) is -0.558. The van der Waals surface area contributed by atoms with Gasteiger partial charge in [0.25, 0.3) is 0 Å². The molecule has 20 heavy (non-hydrogen) atoms. The van der Waals surface area contributed by atoms with Crippen molar-refractivity contribution in [3.63, 3.8) is 0 Å². The molecule has 1 aromatic rings. The van der Waals surface area contributed by atoms with Crippen LogP contribution < -0.4 is 11.1 Å². The number of benzene rings is 1. The Bertz CT molecular complexity index is 437. The van der Waals surface area contributed by atoms with Gasteiger partial charge in [0, 0.05) is 18.7 Å². The first-order chi connectivity index (χ1) is 9.52. The van der Waals surface area contributed by atoms with E-state index in [0.29, 0.717) is 18.7 Å². The lowest BCUT2D eigenvalue weighted by molar-refractivity contribution is -0.116. The number of carbonyl (C=O) groups excluding carboxylic acids is 1. The van der Waals surface area contributed by atoms with Crippen LogP contribution in [0, 0.1) is 5.82 Å². The SMILES string of the molecule is CCCCCN(C)CCC(=O)Nc1ccc(F)c(N)c1. The zero-order valence-corrected chi connectivity index (χ0v) is 12.3. The number of nitrogens with zero attached hydrogens (tertiary/aromatic N) is 1. The second-order valence-corrected chi connectivity index (χ2v) is 5.04. The highest BCUT2D eigenvalue weighted by atomic mass is 19.1. The van der Waals surface area contributed by atoms with Crippen molar-refractivity contribution >= 4 is 17.3 Å². The van der Waals surface area contributed by atoms with Crippen molar-refractivity contribution in [2.75, 3.05) is 31.2 Å². The summed E-state index contributed by atoms with van der Waals surface area (Å²) in [5.41, 5.74) is 6.02. The summed E-state index contributed by atoms with van der Waals surface area (Å²) in [4.78, 5) is 13.9. The van der Waals surface area contributed by atoms with E-state index in [1.54, 1.807) is 0 Å². The lowest BCUT2D eigenvalue weighted by Gasteiger charge is -2.16. The first-order valence-corrected chi connectivity index (χ1v) is 7.06. The van der Waals surface area contributed by atoms with E-state index in [1.165, 1.54) is 31.0 Å². The summed E-state index contributed by atoms with van der Waals surface area (Å²) in [5, 5.41) is 2.72. The Morgan fingerprint density at radius 3 is 2.75 bits per heavy atom. The first-order valence-electron chi connectivity index (χ1n) is 7.06. The minimum atomic E-state index is -0.473. The van der Waals surface area contributed by atoms with E-state index in [-0.39, 0.29) is 11.6 Å². The minimum Gasteiger partial charge on any atom is -0.396 e. The molecule has 1 aromatic carbocycles. The normalized spacial score (nSPS) is 10.8. The smallest absolute Gasteiger partial charge is 0.225 e.